The lowest BCUT2D eigenvalue weighted by Gasteiger charge is -2.08. The minimum Gasteiger partial charge on any atom is -0.471 e. The molecule has 22 heavy (non-hydrogen) atoms. The first-order valence-corrected chi connectivity index (χ1v) is 6.72. The van der Waals surface area contributed by atoms with E-state index in [0.29, 0.717) is 24.3 Å². The lowest BCUT2D eigenvalue weighted by Crippen LogP contribution is -2.16. The summed E-state index contributed by atoms with van der Waals surface area (Å²) in [5.41, 5.74) is 7.19. The normalized spacial score (nSPS) is 10.7. The van der Waals surface area contributed by atoms with Gasteiger partial charge in [-0.3, -0.25) is 9.55 Å². The second kappa shape index (κ2) is 5.72. The van der Waals surface area contributed by atoms with E-state index in [1.807, 2.05) is 30.3 Å². The molecule has 0 spiro atoms. The fraction of sp³-hybridized carbons (Fsp3) is 0.133. The number of hydrogen-bond donors (Lipinski definition) is 2. The third kappa shape index (κ3) is 2.56. The van der Waals surface area contributed by atoms with E-state index in [4.69, 9.17) is 10.5 Å². The van der Waals surface area contributed by atoms with Crippen LogP contribution in [0.5, 0.6) is 5.88 Å². The predicted molar refractivity (Wildman–Crippen MR) is 83.5 cm³/mol. The molecule has 0 saturated heterocycles. The quantitative estimate of drug-likeness (QED) is 0.695. The number of benzene rings is 1. The van der Waals surface area contributed by atoms with Gasteiger partial charge in [0.1, 0.15) is 6.61 Å². The zero-order valence-electron chi connectivity index (χ0n) is 11.8. The van der Waals surface area contributed by atoms with E-state index in [1.54, 1.807) is 6.08 Å². The fourth-order valence-electron chi connectivity index (χ4n) is 2.18. The van der Waals surface area contributed by atoms with Crippen LogP contribution in [0.4, 0.5) is 5.95 Å². The molecule has 0 radical (unpaired) electrons. The Hall–Kier alpha value is -3.09. The van der Waals surface area contributed by atoms with E-state index in [2.05, 4.69) is 21.5 Å². The molecule has 112 valence electrons. The number of fused-ring (bicyclic) bond motifs is 1. The first-order chi connectivity index (χ1) is 10.7. The molecule has 0 fully saturated rings. The van der Waals surface area contributed by atoms with Crippen LogP contribution in [0.1, 0.15) is 5.56 Å². The highest BCUT2D eigenvalue weighted by Crippen LogP contribution is 2.22. The standard InChI is InChI=1S/C15H15N5O2/c1-2-8-20-11-12(18-15(20)21)17-14(16)19-13(11)22-9-10-6-4-3-5-7-10/h2-7H,1,8-9H2,(H3,16,17,18,19,21). The van der Waals surface area contributed by atoms with Crippen molar-refractivity contribution in [2.45, 2.75) is 13.2 Å². The number of rotatable bonds is 5. The molecule has 0 saturated carbocycles. The molecule has 7 nitrogen and oxygen atoms in total. The summed E-state index contributed by atoms with van der Waals surface area (Å²) >= 11 is 0. The van der Waals surface area contributed by atoms with Crippen LogP contribution in [0.3, 0.4) is 0 Å². The summed E-state index contributed by atoms with van der Waals surface area (Å²) in [5.74, 6) is 0.314. The number of H-pyrrole nitrogens is 1. The Morgan fingerprint density at radius 2 is 2.09 bits per heavy atom. The number of aromatic amines is 1. The van der Waals surface area contributed by atoms with Gasteiger partial charge in [-0.1, -0.05) is 36.4 Å². The minimum atomic E-state index is -0.306. The molecule has 0 unspecified atom stereocenters. The molecule has 0 atom stereocenters. The van der Waals surface area contributed by atoms with Crippen molar-refractivity contribution in [3.05, 3.63) is 59.0 Å². The van der Waals surface area contributed by atoms with E-state index >= 15 is 0 Å². The van der Waals surface area contributed by atoms with Gasteiger partial charge in [-0.25, -0.2) is 4.79 Å². The average molecular weight is 297 g/mol. The van der Waals surface area contributed by atoms with E-state index in [-0.39, 0.29) is 17.5 Å². The Morgan fingerprint density at radius 3 is 2.82 bits per heavy atom. The maximum Gasteiger partial charge on any atom is 0.328 e. The highest BCUT2D eigenvalue weighted by atomic mass is 16.5. The molecular formula is C15H15N5O2. The summed E-state index contributed by atoms with van der Waals surface area (Å²) in [6.07, 6.45) is 1.62. The lowest BCUT2D eigenvalue weighted by atomic mass is 10.2. The van der Waals surface area contributed by atoms with Gasteiger partial charge in [0.15, 0.2) is 11.2 Å². The number of hydrogen-bond acceptors (Lipinski definition) is 5. The summed E-state index contributed by atoms with van der Waals surface area (Å²) < 4.78 is 7.20. The van der Waals surface area contributed by atoms with Crippen LogP contribution in [0, 0.1) is 0 Å². The Bertz CT molecular complexity index is 867. The minimum absolute atomic E-state index is 0.0440. The van der Waals surface area contributed by atoms with Crippen molar-refractivity contribution in [3.63, 3.8) is 0 Å². The van der Waals surface area contributed by atoms with Crippen LogP contribution in [-0.4, -0.2) is 19.5 Å². The van der Waals surface area contributed by atoms with E-state index in [9.17, 15) is 4.79 Å². The van der Waals surface area contributed by atoms with Crippen LogP contribution in [0.25, 0.3) is 11.2 Å². The second-order valence-corrected chi connectivity index (χ2v) is 4.69. The van der Waals surface area contributed by atoms with Crippen molar-refractivity contribution >= 4 is 17.1 Å². The van der Waals surface area contributed by atoms with Crippen molar-refractivity contribution in [1.29, 1.82) is 0 Å². The summed E-state index contributed by atoms with van der Waals surface area (Å²) in [7, 11) is 0. The molecule has 0 aliphatic rings. The molecule has 3 N–H and O–H groups in total. The number of nitrogen functional groups attached to an aromatic ring is 1. The van der Waals surface area contributed by atoms with Gasteiger partial charge in [-0.15, -0.1) is 6.58 Å². The van der Waals surface area contributed by atoms with Crippen LogP contribution in [-0.2, 0) is 13.2 Å². The maximum absolute atomic E-state index is 12.0. The number of nitrogens with zero attached hydrogens (tertiary/aromatic N) is 3. The highest BCUT2D eigenvalue weighted by Gasteiger charge is 2.15. The monoisotopic (exact) mass is 297 g/mol. The molecule has 0 aliphatic carbocycles. The van der Waals surface area contributed by atoms with Gasteiger partial charge < -0.3 is 10.5 Å². The summed E-state index contributed by atoms with van der Waals surface area (Å²) in [6.45, 7) is 4.29. The summed E-state index contributed by atoms with van der Waals surface area (Å²) in [4.78, 5) is 22.7. The molecule has 3 rings (SSSR count). The molecule has 0 bridgehead atoms. The fourth-order valence-corrected chi connectivity index (χ4v) is 2.18. The predicted octanol–water partition coefficient (Wildman–Crippen LogP) is 1.47. The van der Waals surface area contributed by atoms with E-state index < -0.39 is 0 Å². The van der Waals surface area contributed by atoms with Gasteiger partial charge in [0.05, 0.1) is 0 Å². The van der Waals surface area contributed by atoms with E-state index in [0.717, 1.165) is 5.56 Å². The van der Waals surface area contributed by atoms with Gasteiger partial charge in [0, 0.05) is 6.54 Å². The van der Waals surface area contributed by atoms with Crippen LogP contribution in [0.15, 0.2) is 47.8 Å². The SMILES string of the molecule is C=CCn1c(=O)[nH]c2nc(N)nc(OCc3ccccc3)c21. The Balaban J connectivity index is 2.03. The van der Waals surface area contributed by atoms with Crippen molar-refractivity contribution in [1.82, 2.24) is 19.5 Å². The molecule has 1 aromatic carbocycles. The van der Waals surface area contributed by atoms with E-state index in [1.165, 1.54) is 4.57 Å². The van der Waals surface area contributed by atoms with Gasteiger partial charge in [-0.2, -0.15) is 9.97 Å². The van der Waals surface area contributed by atoms with Gasteiger partial charge in [0.2, 0.25) is 11.8 Å². The number of allylic oxidation sites excluding steroid dienone is 1. The molecule has 2 heterocycles. The van der Waals surface area contributed by atoms with Crippen LogP contribution < -0.4 is 16.2 Å². The molecule has 0 amide bonds. The number of nitrogens with two attached hydrogens (primary N) is 1. The molecule has 2 aromatic heterocycles. The Labute approximate surface area is 126 Å². The zero-order valence-corrected chi connectivity index (χ0v) is 11.8. The highest BCUT2D eigenvalue weighted by molar-refractivity contribution is 5.77. The van der Waals surface area contributed by atoms with Crippen LogP contribution >= 0.6 is 0 Å². The van der Waals surface area contributed by atoms with Gasteiger partial charge in [0.25, 0.3) is 0 Å². The third-order valence-electron chi connectivity index (χ3n) is 3.14. The number of nitrogens with one attached hydrogen (secondary N) is 1. The Kier molecular flexibility index (Phi) is 3.61. The van der Waals surface area contributed by atoms with Crippen molar-refractivity contribution in [2.75, 3.05) is 5.73 Å². The first kappa shape index (κ1) is 13.9. The second-order valence-electron chi connectivity index (χ2n) is 4.69. The van der Waals surface area contributed by atoms with Crippen molar-refractivity contribution < 1.29 is 4.74 Å². The average Bonchev–Trinajstić information content (AvgIpc) is 2.82. The zero-order chi connectivity index (χ0) is 15.5. The number of ether oxygens (including phenoxy) is 1. The van der Waals surface area contributed by atoms with Crippen LogP contribution in [0.2, 0.25) is 0 Å². The molecule has 7 heteroatoms. The van der Waals surface area contributed by atoms with Gasteiger partial charge >= 0.3 is 5.69 Å². The third-order valence-corrected chi connectivity index (χ3v) is 3.14. The Morgan fingerprint density at radius 1 is 1.32 bits per heavy atom. The molecule has 0 aliphatic heterocycles. The van der Waals surface area contributed by atoms with Crippen molar-refractivity contribution in [2.24, 2.45) is 0 Å². The first-order valence-electron chi connectivity index (χ1n) is 6.72. The number of imidazole rings is 1. The molecule has 3 aromatic rings. The number of anilines is 1. The topological polar surface area (TPSA) is 98.8 Å². The van der Waals surface area contributed by atoms with Crippen molar-refractivity contribution in [3.8, 4) is 5.88 Å². The molecular weight excluding hydrogens is 282 g/mol. The summed E-state index contributed by atoms with van der Waals surface area (Å²) in [5, 5.41) is 0. The largest absolute Gasteiger partial charge is 0.471 e. The smallest absolute Gasteiger partial charge is 0.328 e. The number of aromatic nitrogens is 4. The maximum atomic E-state index is 12.0. The summed E-state index contributed by atoms with van der Waals surface area (Å²) in [6, 6.07) is 9.66. The van der Waals surface area contributed by atoms with Gasteiger partial charge in [-0.05, 0) is 5.56 Å². The lowest BCUT2D eigenvalue weighted by molar-refractivity contribution is 0.296.